The Hall–Kier alpha value is 0.0300. The van der Waals surface area contributed by atoms with Gasteiger partial charge in [0.25, 0.3) is 0 Å². The van der Waals surface area contributed by atoms with E-state index in [1.807, 2.05) is 0 Å². The summed E-state index contributed by atoms with van der Waals surface area (Å²) in [5.74, 6) is 0.747. The van der Waals surface area contributed by atoms with Crippen LogP contribution in [0, 0.1) is 5.92 Å². The molecule has 1 heteroatoms. The van der Waals surface area contributed by atoms with Crippen molar-refractivity contribution in [2.24, 2.45) is 5.92 Å². The normalized spacial score (nSPS) is 33.1. The molecular weight excluding hydrogens is 132 g/mol. The predicted octanol–water partition coefficient (Wildman–Crippen LogP) is 3.32. The molecule has 0 aromatic rings. The van der Waals surface area contributed by atoms with Crippen molar-refractivity contribution in [1.82, 2.24) is 0 Å². The van der Waals surface area contributed by atoms with Crippen LogP contribution in [0.15, 0.2) is 11.1 Å². The highest BCUT2D eigenvalue weighted by molar-refractivity contribution is 6.25. The molecule has 9 heavy (non-hydrogen) atoms. The third kappa shape index (κ3) is 1.72. The molecule has 1 saturated carbocycles. The van der Waals surface area contributed by atoms with Crippen molar-refractivity contribution in [3.8, 4) is 0 Å². The Kier molecular flexibility index (Phi) is 2.59. The Bertz CT molecular complexity index is 116. The first-order valence-corrected chi connectivity index (χ1v) is 4.07. The first-order chi connectivity index (χ1) is 4.34. The Labute approximate surface area is 61.9 Å². The molecule has 1 atom stereocenters. The van der Waals surface area contributed by atoms with E-state index < -0.39 is 0 Å². The van der Waals surface area contributed by atoms with E-state index in [4.69, 9.17) is 11.6 Å². The van der Waals surface area contributed by atoms with Crippen LogP contribution >= 0.6 is 11.6 Å². The highest BCUT2D eigenvalue weighted by atomic mass is 35.5. The Morgan fingerprint density at radius 2 is 2.33 bits per heavy atom. The Morgan fingerprint density at radius 1 is 1.56 bits per heavy atom. The maximum atomic E-state index is 5.61. The summed E-state index contributed by atoms with van der Waals surface area (Å²) in [6, 6.07) is 0. The van der Waals surface area contributed by atoms with Crippen molar-refractivity contribution in [2.45, 2.75) is 32.6 Å². The van der Waals surface area contributed by atoms with E-state index in [9.17, 15) is 0 Å². The molecule has 0 saturated heterocycles. The molecule has 0 aromatic carbocycles. The summed E-state index contributed by atoms with van der Waals surface area (Å²) < 4.78 is 0. The monoisotopic (exact) mass is 144 g/mol. The molecule has 1 aliphatic rings. The van der Waals surface area contributed by atoms with Crippen LogP contribution in [-0.4, -0.2) is 0 Å². The van der Waals surface area contributed by atoms with Crippen LogP contribution in [0.5, 0.6) is 0 Å². The third-order valence-corrected chi connectivity index (χ3v) is 2.41. The van der Waals surface area contributed by atoms with Crippen molar-refractivity contribution >= 4 is 11.6 Å². The standard InChI is InChI=1S/C8H13Cl/c1-7-4-2-3-5-8(7)6-9/h6-7H,2-5H2,1H3/b8-6-. The summed E-state index contributed by atoms with van der Waals surface area (Å²) in [4.78, 5) is 0. The maximum absolute atomic E-state index is 5.61. The fraction of sp³-hybridized carbons (Fsp3) is 0.750. The van der Waals surface area contributed by atoms with Crippen molar-refractivity contribution < 1.29 is 0 Å². The van der Waals surface area contributed by atoms with Gasteiger partial charge in [0.1, 0.15) is 0 Å². The van der Waals surface area contributed by atoms with Crippen LogP contribution in [0.1, 0.15) is 32.6 Å². The van der Waals surface area contributed by atoms with Gasteiger partial charge in [-0.25, -0.2) is 0 Å². The van der Waals surface area contributed by atoms with Gasteiger partial charge < -0.3 is 0 Å². The summed E-state index contributed by atoms with van der Waals surface area (Å²) in [5, 5.41) is 0. The van der Waals surface area contributed by atoms with Crippen molar-refractivity contribution in [3.63, 3.8) is 0 Å². The van der Waals surface area contributed by atoms with Gasteiger partial charge in [-0.1, -0.05) is 30.5 Å². The quantitative estimate of drug-likeness (QED) is 0.489. The van der Waals surface area contributed by atoms with E-state index in [0.717, 1.165) is 5.92 Å². The van der Waals surface area contributed by atoms with Crippen LogP contribution in [0.4, 0.5) is 0 Å². The fourth-order valence-electron chi connectivity index (χ4n) is 1.37. The minimum atomic E-state index is 0.747. The third-order valence-electron chi connectivity index (χ3n) is 2.13. The van der Waals surface area contributed by atoms with Gasteiger partial charge >= 0.3 is 0 Å². The van der Waals surface area contributed by atoms with E-state index in [1.165, 1.54) is 31.3 Å². The molecule has 0 bridgehead atoms. The first kappa shape index (κ1) is 7.14. The van der Waals surface area contributed by atoms with Crippen LogP contribution in [0.2, 0.25) is 0 Å². The molecule has 1 aliphatic carbocycles. The summed E-state index contributed by atoms with van der Waals surface area (Å²) >= 11 is 5.61. The van der Waals surface area contributed by atoms with E-state index in [-0.39, 0.29) is 0 Å². The second-order valence-electron chi connectivity index (χ2n) is 2.83. The lowest BCUT2D eigenvalue weighted by Crippen LogP contribution is -2.04. The molecule has 0 heterocycles. The summed E-state index contributed by atoms with van der Waals surface area (Å²) in [5.41, 5.74) is 3.21. The molecule has 1 rings (SSSR count). The van der Waals surface area contributed by atoms with Crippen molar-refractivity contribution in [1.29, 1.82) is 0 Å². The highest BCUT2D eigenvalue weighted by Gasteiger charge is 2.12. The van der Waals surface area contributed by atoms with Crippen molar-refractivity contribution in [2.75, 3.05) is 0 Å². The highest BCUT2D eigenvalue weighted by Crippen LogP contribution is 2.28. The van der Waals surface area contributed by atoms with Crippen LogP contribution in [-0.2, 0) is 0 Å². The summed E-state index contributed by atoms with van der Waals surface area (Å²) in [7, 11) is 0. The van der Waals surface area contributed by atoms with E-state index in [2.05, 4.69) is 6.92 Å². The zero-order valence-electron chi connectivity index (χ0n) is 5.86. The fourth-order valence-corrected chi connectivity index (χ4v) is 1.70. The zero-order valence-corrected chi connectivity index (χ0v) is 6.62. The molecule has 1 fully saturated rings. The first-order valence-electron chi connectivity index (χ1n) is 3.63. The number of allylic oxidation sites excluding steroid dienone is 1. The van der Waals surface area contributed by atoms with Gasteiger partial charge in [0, 0.05) is 5.54 Å². The molecule has 0 aliphatic heterocycles. The predicted molar refractivity (Wildman–Crippen MR) is 41.6 cm³/mol. The van der Waals surface area contributed by atoms with Crippen LogP contribution in [0.3, 0.4) is 0 Å². The summed E-state index contributed by atoms with van der Waals surface area (Å²) in [6.45, 7) is 2.26. The van der Waals surface area contributed by atoms with E-state index in [1.54, 1.807) is 5.54 Å². The second-order valence-corrected chi connectivity index (χ2v) is 3.05. The maximum Gasteiger partial charge on any atom is 0.00371 e. The minimum Gasteiger partial charge on any atom is -0.0930 e. The molecule has 0 amide bonds. The summed E-state index contributed by atoms with van der Waals surface area (Å²) in [6.07, 6.45) is 5.28. The van der Waals surface area contributed by atoms with Crippen LogP contribution < -0.4 is 0 Å². The second kappa shape index (κ2) is 3.26. The molecule has 0 radical (unpaired) electrons. The number of hydrogen-bond acceptors (Lipinski definition) is 0. The zero-order chi connectivity index (χ0) is 6.69. The van der Waals surface area contributed by atoms with Crippen LogP contribution in [0.25, 0.3) is 0 Å². The van der Waals surface area contributed by atoms with Gasteiger partial charge in [-0.15, -0.1) is 0 Å². The lowest BCUT2D eigenvalue weighted by atomic mass is 9.87. The van der Waals surface area contributed by atoms with Gasteiger partial charge in [0.05, 0.1) is 0 Å². The van der Waals surface area contributed by atoms with Crippen molar-refractivity contribution in [3.05, 3.63) is 11.1 Å². The number of rotatable bonds is 0. The molecule has 0 spiro atoms. The Morgan fingerprint density at radius 3 is 2.78 bits per heavy atom. The van der Waals surface area contributed by atoms with Gasteiger partial charge in [-0.2, -0.15) is 0 Å². The lowest BCUT2D eigenvalue weighted by Gasteiger charge is -2.20. The average molecular weight is 145 g/mol. The topological polar surface area (TPSA) is 0 Å². The molecular formula is C8H13Cl. The SMILES string of the molecule is CC1CCCC/C1=C/Cl. The van der Waals surface area contributed by atoms with Gasteiger partial charge in [0.15, 0.2) is 0 Å². The largest absolute Gasteiger partial charge is 0.0930 e. The van der Waals surface area contributed by atoms with Gasteiger partial charge in [-0.05, 0) is 25.2 Å². The van der Waals surface area contributed by atoms with Gasteiger partial charge in [0.2, 0.25) is 0 Å². The molecule has 1 unspecified atom stereocenters. The van der Waals surface area contributed by atoms with E-state index >= 15 is 0 Å². The number of hydrogen-bond donors (Lipinski definition) is 0. The molecule has 0 aromatic heterocycles. The molecule has 52 valence electrons. The van der Waals surface area contributed by atoms with Gasteiger partial charge in [-0.3, -0.25) is 0 Å². The lowest BCUT2D eigenvalue weighted by molar-refractivity contribution is 0.485. The molecule has 0 N–H and O–H groups in total. The molecule has 0 nitrogen and oxygen atoms in total. The van der Waals surface area contributed by atoms with E-state index in [0.29, 0.717) is 0 Å². The Balaban J connectivity index is 2.49. The average Bonchev–Trinajstić information content (AvgIpc) is 1.89. The minimum absolute atomic E-state index is 0.747. The number of halogens is 1. The smallest absolute Gasteiger partial charge is 0.00371 e.